The van der Waals surface area contributed by atoms with Gasteiger partial charge in [0.1, 0.15) is 0 Å². The van der Waals surface area contributed by atoms with Gasteiger partial charge in [0.05, 0.1) is 12.0 Å². The summed E-state index contributed by atoms with van der Waals surface area (Å²) < 4.78 is 0. The van der Waals surface area contributed by atoms with Gasteiger partial charge in [0, 0.05) is 23.7 Å². The zero-order valence-corrected chi connectivity index (χ0v) is 18.4. The molecule has 3 aromatic rings. The van der Waals surface area contributed by atoms with Crippen LogP contribution in [0.2, 0.25) is 0 Å². The van der Waals surface area contributed by atoms with Gasteiger partial charge < -0.3 is 15.5 Å². The lowest BCUT2D eigenvalue weighted by molar-refractivity contribution is -0.126. The van der Waals surface area contributed by atoms with E-state index >= 15 is 0 Å². The highest BCUT2D eigenvalue weighted by Gasteiger charge is 2.30. The predicted octanol–water partition coefficient (Wildman–Crippen LogP) is 5.21. The van der Waals surface area contributed by atoms with E-state index in [2.05, 4.69) is 47.9 Å². The third-order valence-corrected chi connectivity index (χ3v) is 6.57. The van der Waals surface area contributed by atoms with E-state index in [1.807, 2.05) is 41.8 Å². The van der Waals surface area contributed by atoms with Crippen molar-refractivity contribution in [3.8, 4) is 0 Å². The normalized spacial score (nSPS) is 17.1. The number of rotatable bonds is 5. The second kappa shape index (κ2) is 9.79. The van der Waals surface area contributed by atoms with Crippen molar-refractivity contribution in [1.82, 2.24) is 10.2 Å². The summed E-state index contributed by atoms with van der Waals surface area (Å²) in [6.45, 7) is 3.14. The van der Waals surface area contributed by atoms with Crippen LogP contribution in [0, 0.1) is 12.8 Å². The summed E-state index contributed by atoms with van der Waals surface area (Å²) in [7, 11) is 0. The zero-order valence-electron chi connectivity index (χ0n) is 17.6. The average molecular weight is 434 g/mol. The first-order chi connectivity index (χ1) is 15.1. The van der Waals surface area contributed by atoms with Crippen LogP contribution in [-0.2, 0) is 4.79 Å². The summed E-state index contributed by atoms with van der Waals surface area (Å²) in [4.78, 5) is 28.7. The van der Waals surface area contributed by atoms with Gasteiger partial charge in [-0.15, -0.1) is 11.3 Å². The standard InChI is InChI=1S/C25H27N3O2S/c1-18-11-13-19(14-12-18)23(22-10-6-16-31-22)27-24(29)20-7-5-15-28(17-20)25(30)26-21-8-3-2-4-9-21/h2-4,6,8-14,16,20,23H,5,7,15,17H2,1H3,(H,26,30)(H,27,29). The number of nitrogens with one attached hydrogen (secondary N) is 2. The SMILES string of the molecule is Cc1ccc(C(NC(=O)C2CCCN(C(=O)Nc3ccccc3)C2)c2cccs2)cc1. The second-order valence-corrected chi connectivity index (χ2v) is 8.93. The van der Waals surface area contributed by atoms with Crippen molar-refractivity contribution in [3.05, 3.63) is 88.1 Å². The number of anilines is 1. The maximum absolute atomic E-state index is 13.2. The molecule has 4 rings (SSSR count). The number of para-hydroxylation sites is 1. The minimum absolute atomic E-state index is 0.00353. The molecule has 3 amide bonds. The molecule has 2 atom stereocenters. The van der Waals surface area contributed by atoms with Crippen molar-refractivity contribution < 1.29 is 9.59 Å². The Morgan fingerprint density at radius 3 is 2.52 bits per heavy atom. The molecule has 2 aromatic carbocycles. The van der Waals surface area contributed by atoms with Gasteiger partial charge in [0.2, 0.25) is 5.91 Å². The number of carbonyl (C=O) groups excluding carboxylic acids is 2. The maximum Gasteiger partial charge on any atom is 0.321 e. The average Bonchev–Trinajstić information content (AvgIpc) is 3.33. The van der Waals surface area contributed by atoms with Gasteiger partial charge in [-0.25, -0.2) is 4.79 Å². The molecule has 0 bridgehead atoms. The number of aryl methyl sites for hydroxylation is 1. The van der Waals surface area contributed by atoms with Crippen molar-refractivity contribution >= 4 is 29.0 Å². The van der Waals surface area contributed by atoms with Gasteiger partial charge in [0.15, 0.2) is 0 Å². The maximum atomic E-state index is 13.2. The number of hydrogen-bond acceptors (Lipinski definition) is 3. The number of piperidine rings is 1. The van der Waals surface area contributed by atoms with Crippen molar-refractivity contribution in [2.24, 2.45) is 5.92 Å². The monoisotopic (exact) mass is 433 g/mol. The van der Waals surface area contributed by atoms with E-state index in [0.29, 0.717) is 13.1 Å². The Morgan fingerprint density at radius 1 is 1.03 bits per heavy atom. The number of thiophene rings is 1. The molecular formula is C25H27N3O2S. The molecule has 2 heterocycles. The molecule has 5 nitrogen and oxygen atoms in total. The van der Waals surface area contributed by atoms with Crippen LogP contribution in [-0.4, -0.2) is 29.9 Å². The molecule has 0 spiro atoms. The Balaban J connectivity index is 1.43. The molecule has 0 radical (unpaired) electrons. The van der Waals surface area contributed by atoms with Crippen molar-refractivity contribution in [2.75, 3.05) is 18.4 Å². The number of urea groups is 1. The molecule has 1 saturated heterocycles. The molecule has 2 unspecified atom stereocenters. The highest BCUT2D eigenvalue weighted by Crippen LogP contribution is 2.28. The molecule has 2 N–H and O–H groups in total. The molecule has 6 heteroatoms. The minimum atomic E-state index is -0.219. The van der Waals surface area contributed by atoms with Gasteiger partial charge in [0.25, 0.3) is 0 Å². The summed E-state index contributed by atoms with van der Waals surface area (Å²) in [5, 5.41) is 8.20. The zero-order chi connectivity index (χ0) is 21.6. The van der Waals surface area contributed by atoms with Gasteiger partial charge >= 0.3 is 6.03 Å². The molecular weight excluding hydrogens is 406 g/mol. The van der Waals surface area contributed by atoms with E-state index < -0.39 is 0 Å². The van der Waals surface area contributed by atoms with Crippen LogP contribution in [0.25, 0.3) is 0 Å². The third-order valence-electron chi connectivity index (χ3n) is 5.63. The lowest BCUT2D eigenvalue weighted by Gasteiger charge is -2.33. The van der Waals surface area contributed by atoms with Crippen LogP contribution in [0.1, 0.15) is 34.9 Å². The second-order valence-electron chi connectivity index (χ2n) is 7.95. The summed E-state index contributed by atoms with van der Waals surface area (Å²) >= 11 is 1.64. The van der Waals surface area contributed by atoms with E-state index in [4.69, 9.17) is 0 Å². The fourth-order valence-corrected chi connectivity index (χ4v) is 4.70. The topological polar surface area (TPSA) is 61.4 Å². The van der Waals surface area contributed by atoms with Gasteiger partial charge in [-0.05, 0) is 48.9 Å². The smallest absolute Gasteiger partial charge is 0.321 e. The minimum Gasteiger partial charge on any atom is -0.344 e. The number of carbonyl (C=O) groups is 2. The molecule has 1 aliphatic heterocycles. The van der Waals surface area contributed by atoms with E-state index in [1.54, 1.807) is 16.2 Å². The van der Waals surface area contributed by atoms with Crippen molar-refractivity contribution in [2.45, 2.75) is 25.8 Å². The Labute approximate surface area is 187 Å². The predicted molar refractivity (Wildman–Crippen MR) is 125 cm³/mol. The summed E-state index contributed by atoms with van der Waals surface area (Å²) in [6, 6.07) is 21.4. The Kier molecular flexibility index (Phi) is 6.67. The van der Waals surface area contributed by atoms with E-state index in [1.165, 1.54) is 5.56 Å². The molecule has 1 aromatic heterocycles. The van der Waals surface area contributed by atoms with Crippen LogP contribution in [0.4, 0.5) is 10.5 Å². The molecule has 160 valence electrons. The van der Waals surface area contributed by atoms with E-state index in [9.17, 15) is 9.59 Å². The number of benzene rings is 2. The molecule has 0 saturated carbocycles. The summed E-state index contributed by atoms with van der Waals surface area (Å²) in [5.41, 5.74) is 3.01. The third kappa shape index (κ3) is 5.33. The van der Waals surface area contributed by atoms with Crippen LogP contribution >= 0.6 is 11.3 Å². The Hall–Kier alpha value is -3.12. The van der Waals surface area contributed by atoms with Crippen LogP contribution in [0.15, 0.2) is 72.1 Å². The lowest BCUT2D eigenvalue weighted by Crippen LogP contribution is -2.47. The van der Waals surface area contributed by atoms with Gasteiger partial charge in [-0.2, -0.15) is 0 Å². The van der Waals surface area contributed by atoms with Crippen LogP contribution in [0.3, 0.4) is 0 Å². The van der Waals surface area contributed by atoms with Crippen molar-refractivity contribution in [3.63, 3.8) is 0 Å². The largest absolute Gasteiger partial charge is 0.344 e. The Morgan fingerprint density at radius 2 is 1.81 bits per heavy atom. The van der Waals surface area contributed by atoms with Gasteiger partial charge in [-0.3, -0.25) is 4.79 Å². The summed E-state index contributed by atoms with van der Waals surface area (Å²) in [6.07, 6.45) is 1.60. The lowest BCUT2D eigenvalue weighted by atomic mass is 9.96. The van der Waals surface area contributed by atoms with Crippen LogP contribution in [0.5, 0.6) is 0 Å². The number of nitrogens with zero attached hydrogens (tertiary/aromatic N) is 1. The first-order valence-electron chi connectivity index (χ1n) is 10.6. The fourth-order valence-electron chi connectivity index (χ4n) is 3.89. The number of amides is 3. The fraction of sp³-hybridized carbons (Fsp3) is 0.280. The highest BCUT2D eigenvalue weighted by atomic mass is 32.1. The first kappa shape index (κ1) is 21.1. The van der Waals surface area contributed by atoms with Crippen LogP contribution < -0.4 is 10.6 Å². The molecule has 1 fully saturated rings. The Bertz CT molecular complexity index is 1000. The van der Waals surface area contributed by atoms with E-state index in [0.717, 1.165) is 29.0 Å². The first-order valence-corrected chi connectivity index (χ1v) is 11.5. The van der Waals surface area contributed by atoms with Gasteiger partial charge in [-0.1, -0.05) is 54.1 Å². The number of hydrogen-bond donors (Lipinski definition) is 2. The summed E-state index contributed by atoms with van der Waals surface area (Å²) in [5.74, 6) is -0.223. The number of likely N-dealkylation sites (tertiary alicyclic amines) is 1. The van der Waals surface area contributed by atoms with Crippen molar-refractivity contribution in [1.29, 1.82) is 0 Å². The highest BCUT2D eigenvalue weighted by molar-refractivity contribution is 7.10. The molecule has 0 aliphatic carbocycles. The molecule has 31 heavy (non-hydrogen) atoms. The quantitative estimate of drug-likeness (QED) is 0.580. The molecule has 1 aliphatic rings. The van der Waals surface area contributed by atoms with E-state index in [-0.39, 0.29) is 23.9 Å².